The summed E-state index contributed by atoms with van der Waals surface area (Å²) < 4.78 is 10.5. The van der Waals surface area contributed by atoms with E-state index in [2.05, 4.69) is 10.7 Å². The number of likely N-dealkylation sites (tertiary alicyclic amines) is 1. The first-order chi connectivity index (χ1) is 17.0. The molecular weight excluding hydrogens is 448 g/mol. The van der Waals surface area contributed by atoms with E-state index in [-0.39, 0.29) is 5.91 Å². The van der Waals surface area contributed by atoms with Gasteiger partial charge in [0.25, 0.3) is 11.8 Å². The van der Waals surface area contributed by atoms with Gasteiger partial charge in [0, 0.05) is 31.9 Å². The Morgan fingerprint density at radius 2 is 1.66 bits per heavy atom. The molecule has 0 bridgehead atoms. The van der Waals surface area contributed by atoms with Crippen LogP contribution in [0.5, 0.6) is 0 Å². The normalized spacial score (nSPS) is 16.0. The predicted octanol–water partition coefficient (Wildman–Crippen LogP) is 2.19. The van der Waals surface area contributed by atoms with E-state index in [0.29, 0.717) is 24.1 Å². The van der Waals surface area contributed by atoms with Crippen LogP contribution >= 0.6 is 0 Å². The molecule has 1 heterocycles. The van der Waals surface area contributed by atoms with Gasteiger partial charge in [-0.2, -0.15) is 0 Å². The Morgan fingerprint density at radius 3 is 2.29 bits per heavy atom. The monoisotopic (exact) mass is 476 g/mol. The van der Waals surface area contributed by atoms with Gasteiger partial charge in [0.05, 0.1) is 0 Å². The quantitative estimate of drug-likeness (QED) is 0.198. The molecule has 4 rings (SSSR count). The van der Waals surface area contributed by atoms with E-state index in [4.69, 9.17) is 15.3 Å². The van der Waals surface area contributed by atoms with Crippen LogP contribution in [0.25, 0.3) is 10.8 Å². The lowest BCUT2D eigenvalue weighted by atomic mass is 9.96. The highest BCUT2D eigenvalue weighted by Gasteiger charge is 2.39. The second kappa shape index (κ2) is 10.6. The summed E-state index contributed by atoms with van der Waals surface area (Å²) in [5.41, 5.74) is 3.98. The molecule has 3 aromatic carbocycles. The summed E-state index contributed by atoms with van der Waals surface area (Å²) in [5, 5.41) is 4.56. The summed E-state index contributed by atoms with van der Waals surface area (Å²) in [5.74, 6) is 4.20. The number of rotatable bonds is 8. The number of benzene rings is 3. The lowest BCUT2D eigenvalue weighted by Crippen LogP contribution is -2.59. The van der Waals surface area contributed by atoms with Gasteiger partial charge in [-0.15, -0.1) is 0 Å². The minimum absolute atomic E-state index is 0.265. The van der Waals surface area contributed by atoms with Crippen molar-refractivity contribution in [1.29, 1.82) is 0 Å². The first-order valence-electron chi connectivity index (χ1n) is 11.2. The summed E-state index contributed by atoms with van der Waals surface area (Å²) in [4.78, 5) is 40.4. The molecule has 2 atom stereocenters. The molecule has 0 saturated carbocycles. The van der Waals surface area contributed by atoms with Crippen LogP contribution in [0.1, 0.15) is 40.2 Å². The highest BCUT2D eigenvalue weighted by atomic mass is 16.7. The van der Waals surface area contributed by atoms with E-state index in [1.165, 1.54) is 19.1 Å². The van der Waals surface area contributed by atoms with Crippen LogP contribution < -0.4 is 16.6 Å². The number of hydrogen-bond donors (Lipinski definition) is 3. The molecule has 1 fully saturated rings. The molecule has 1 saturated heterocycles. The number of amides is 3. The number of methoxy groups -OCH3 is 2. The van der Waals surface area contributed by atoms with Gasteiger partial charge in [0.2, 0.25) is 5.91 Å². The maximum atomic E-state index is 13.2. The maximum absolute atomic E-state index is 13.2. The van der Waals surface area contributed by atoms with Crippen LogP contribution in [0.15, 0.2) is 66.7 Å². The number of carbonyl (C=O) groups is 3. The van der Waals surface area contributed by atoms with Gasteiger partial charge in [0.1, 0.15) is 12.1 Å². The fourth-order valence-electron chi connectivity index (χ4n) is 4.33. The molecule has 3 amide bonds. The van der Waals surface area contributed by atoms with Gasteiger partial charge in [-0.05, 0) is 34.9 Å². The third kappa shape index (κ3) is 4.88. The molecule has 9 nitrogen and oxygen atoms in total. The van der Waals surface area contributed by atoms with E-state index in [1.807, 2.05) is 36.4 Å². The molecular formula is C26H28N4O5. The van der Waals surface area contributed by atoms with E-state index in [9.17, 15) is 14.4 Å². The Hall–Kier alpha value is -3.79. The number of ether oxygens (including phenoxy) is 2. The second-order valence-corrected chi connectivity index (χ2v) is 8.25. The summed E-state index contributed by atoms with van der Waals surface area (Å²) in [6, 6.07) is 18.3. The van der Waals surface area contributed by atoms with Crippen LogP contribution in [0.4, 0.5) is 0 Å². The first-order valence-corrected chi connectivity index (χ1v) is 11.2. The van der Waals surface area contributed by atoms with Crippen LogP contribution in [0.3, 0.4) is 0 Å². The number of nitrogens with zero attached hydrogens (tertiary/aromatic N) is 1. The second-order valence-electron chi connectivity index (χ2n) is 8.25. The van der Waals surface area contributed by atoms with Crippen LogP contribution in [0.2, 0.25) is 0 Å². The number of nitrogens with two attached hydrogens (primary N) is 1. The average molecular weight is 477 g/mol. The Labute approximate surface area is 203 Å². The summed E-state index contributed by atoms with van der Waals surface area (Å²) in [6.07, 6.45) is -0.0289. The Kier molecular flexibility index (Phi) is 7.40. The van der Waals surface area contributed by atoms with Crippen molar-refractivity contribution < 1.29 is 23.9 Å². The van der Waals surface area contributed by atoms with E-state index >= 15 is 0 Å². The molecule has 182 valence electrons. The summed E-state index contributed by atoms with van der Waals surface area (Å²) in [7, 11) is 3.07. The summed E-state index contributed by atoms with van der Waals surface area (Å²) in [6.45, 7) is 0.444. The molecule has 9 heteroatoms. The van der Waals surface area contributed by atoms with E-state index < -0.39 is 30.2 Å². The topological polar surface area (TPSA) is 123 Å². The van der Waals surface area contributed by atoms with Crippen LogP contribution in [0, 0.1) is 0 Å². The molecule has 4 N–H and O–H groups in total. The van der Waals surface area contributed by atoms with Gasteiger partial charge in [-0.1, -0.05) is 54.6 Å². The van der Waals surface area contributed by atoms with E-state index in [1.54, 1.807) is 30.3 Å². The van der Waals surface area contributed by atoms with Gasteiger partial charge < -0.3 is 19.7 Å². The minimum atomic E-state index is -1.00. The number of carbonyl (C=O) groups excluding carboxylic acids is 3. The fourth-order valence-corrected chi connectivity index (χ4v) is 4.33. The van der Waals surface area contributed by atoms with Crippen molar-refractivity contribution >= 4 is 28.5 Å². The maximum Gasteiger partial charge on any atom is 0.261 e. The van der Waals surface area contributed by atoms with Crippen molar-refractivity contribution in [3.05, 3.63) is 83.4 Å². The molecule has 1 aliphatic rings. The zero-order valence-corrected chi connectivity index (χ0v) is 19.6. The van der Waals surface area contributed by atoms with Gasteiger partial charge in [0.15, 0.2) is 6.29 Å². The third-order valence-electron chi connectivity index (χ3n) is 6.27. The molecule has 1 aliphatic heterocycles. The number of hydrazine groups is 1. The predicted molar refractivity (Wildman–Crippen MR) is 130 cm³/mol. The zero-order chi connectivity index (χ0) is 24.9. The van der Waals surface area contributed by atoms with Crippen LogP contribution in [-0.2, 0) is 19.1 Å². The molecule has 0 spiro atoms. The molecule has 0 aliphatic carbocycles. The fraction of sp³-hybridized carbons (Fsp3) is 0.269. The Morgan fingerprint density at radius 1 is 0.971 bits per heavy atom. The van der Waals surface area contributed by atoms with Crippen molar-refractivity contribution in [2.45, 2.75) is 24.8 Å². The molecule has 0 aromatic heterocycles. The minimum Gasteiger partial charge on any atom is -0.352 e. The van der Waals surface area contributed by atoms with Crippen molar-refractivity contribution in [2.24, 2.45) is 5.84 Å². The number of nitrogens with one attached hydrogen (secondary N) is 2. The van der Waals surface area contributed by atoms with Crippen LogP contribution in [-0.4, -0.2) is 49.4 Å². The highest BCUT2D eigenvalue weighted by Crippen LogP contribution is 2.27. The lowest BCUT2D eigenvalue weighted by Gasteiger charge is -2.40. The third-order valence-corrected chi connectivity index (χ3v) is 6.27. The standard InChI is InChI=1S/C26H28N4O5/c1-34-26(35-2)18-12-10-17(11-13-18)25(33)30-15-14-21(30)23(31)28-22(24(32)29-27)20-9-5-7-16-6-3-4-8-19(16)20/h3-13,21-22,26H,14-15,27H2,1-2H3,(H,28,31)(H,29,32)/t21-,22-/m0/s1. The molecule has 0 unspecified atom stereocenters. The SMILES string of the molecule is COC(OC)c1ccc(C(=O)N2CC[C@H]2C(=O)N[C@H](C(=O)NN)c2cccc3ccccc23)cc1. The van der Waals surface area contributed by atoms with Crippen molar-refractivity contribution in [3.63, 3.8) is 0 Å². The van der Waals surface area contributed by atoms with Crippen molar-refractivity contribution in [1.82, 2.24) is 15.6 Å². The Balaban J connectivity index is 1.51. The van der Waals surface area contributed by atoms with Gasteiger partial charge in [-0.25, -0.2) is 5.84 Å². The lowest BCUT2D eigenvalue weighted by molar-refractivity contribution is -0.134. The largest absolute Gasteiger partial charge is 0.352 e. The smallest absolute Gasteiger partial charge is 0.261 e. The van der Waals surface area contributed by atoms with Crippen molar-refractivity contribution in [2.75, 3.05) is 20.8 Å². The first kappa shape index (κ1) is 24.3. The zero-order valence-electron chi connectivity index (χ0n) is 19.6. The molecule has 3 aromatic rings. The Bertz CT molecular complexity index is 1220. The van der Waals surface area contributed by atoms with E-state index in [0.717, 1.165) is 16.3 Å². The van der Waals surface area contributed by atoms with Gasteiger partial charge in [-0.3, -0.25) is 19.8 Å². The average Bonchev–Trinajstić information content (AvgIpc) is 2.87. The van der Waals surface area contributed by atoms with Gasteiger partial charge >= 0.3 is 0 Å². The number of hydrogen-bond acceptors (Lipinski definition) is 6. The summed E-state index contributed by atoms with van der Waals surface area (Å²) >= 11 is 0. The molecule has 35 heavy (non-hydrogen) atoms. The highest BCUT2D eigenvalue weighted by molar-refractivity contribution is 6.00. The van der Waals surface area contributed by atoms with Crippen molar-refractivity contribution in [3.8, 4) is 0 Å². The molecule has 0 radical (unpaired) electrons. The number of fused-ring (bicyclic) bond motifs is 1.